The number of aryl methyl sites for hydroxylation is 1. The van der Waals surface area contributed by atoms with Crippen LogP contribution < -0.4 is 5.32 Å². The zero-order valence-corrected chi connectivity index (χ0v) is 13.4. The second kappa shape index (κ2) is 6.99. The van der Waals surface area contributed by atoms with Crippen molar-refractivity contribution in [3.63, 3.8) is 0 Å². The number of nitrogens with zero attached hydrogens (tertiary/aromatic N) is 5. The minimum atomic E-state index is -0.215. The van der Waals surface area contributed by atoms with Crippen LogP contribution in [0.15, 0.2) is 29.0 Å². The summed E-state index contributed by atoms with van der Waals surface area (Å²) in [5.41, 5.74) is 0.811. The van der Waals surface area contributed by atoms with Gasteiger partial charge in [-0.1, -0.05) is 19.0 Å². The quantitative estimate of drug-likeness (QED) is 0.709. The number of rotatable bonds is 6. The summed E-state index contributed by atoms with van der Waals surface area (Å²) in [4.78, 5) is 24.3. The lowest BCUT2D eigenvalue weighted by atomic mass is 10.2. The third-order valence-corrected chi connectivity index (χ3v) is 3.27. The Kier molecular flexibility index (Phi) is 4.59. The lowest BCUT2D eigenvalue weighted by molar-refractivity contribution is -0.116. The molecule has 0 unspecified atom stereocenters. The highest BCUT2D eigenvalue weighted by Gasteiger charge is 2.13. The van der Waals surface area contributed by atoms with E-state index in [2.05, 4.69) is 35.6 Å². The van der Waals surface area contributed by atoms with Crippen LogP contribution in [0.1, 0.15) is 37.9 Å². The summed E-state index contributed by atoms with van der Waals surface area (Å²) in [6.45, 7) is 3.98. The molecule has 0 radical (unpaired) electrons. The normalized spacial score (nSPS) is 11.0. The second-order valence-electron chi connectivity index (χ2n) is 5.49. The summed E-state index contributed by atoms with van der Waals surface area (Å²) in [5, 5.41) is 13.3. The molecular weight excluding hydrogens is 310 g/mol. The van der Waals surface area contributed by atoms with Crippen molar-refractivity contribution in [2.75, 3.05) is 5.32 Å². The number of carbonyl (C=O) groups is 1. The summed E-state index contributed by atoms with van der Waals surface area (Å²) < 4.78 is 5.16. The number of anilines is 1. The van der Waals surface area contributed by atoms with Gasteiger partial charge < -0.3 is 4.52 Å². The van der Waals surface area contributed by atoms with E-state index in [9.17, 15) is 4.79 Å². The molecule has 3 aromatic heterocycles. The molecule has 9 heteroatoms. The molecule has 0 spiro atoms. The van der Waals surface area contributed by atoms with Crippen LogP contribution in [-0.4, -0.2) is 36.2 Å². The van der Waals surface area contributed by atoms with Gasteiger partial charge in [-0.25, -0.2) is 0 Å². The van der Waals surface area contributed by atoms with Crippen LogP contribution in [0, 0.1) is 0 Å². The van der Waals surface area contributed by atoms with Crippen LogP contribution in [0.3, 0.4) is 0 Å². The molecule has 0 atom stereocenters. The summed E-state index contributed by atoms with van der Waals surface area (Å²) in [5.74, 6) is 1.87. The summed E-state index contributed by atoms with van der Waals surface area (Å²) in [6.07, 6.45) is 3.84. The van der Waals surface area contributed by atoms with E-state index in [0.717, 1.165) is 11.4 Å². The number of pyridine rings is 1. The van der Waals surface area contributed by atoms with E-state index in [0.29, 0.717) is 18.1 Å². The molecule has 1 amide bonds. The molecule has 3 heterocycles. The summed E-state index contributed by atoms with van der Waals surface area (Å²) in [6, 6.07) is 3.58. The lowest BCUT2D eigenvalue weighted by Crippen LogP contribution is -2.13. The maximum Gasteiger partial charge on any atom is 0.248 e. The average molecular weight is 327 g/mol. The summed E-state index contributed by atoms with van der Waals surface area (Å²) >= 11 is 0. The molecule has 0 saturated heterocycles. The fraction of sp³-hybridized carbons (Fsp3) is 0.333. The van der Waals surface area contributed by atoms with Crippen molar-refractivity contribution in [3.8, 4) is 11.4 Å². The zero-order chi connectivity index (χ0) is 16.9. The maximum absolute atomic E-state index is 11.9. The van der Waals surface area contributed by atoms with Gasteiger partial charge in [0.05, 0.1) is 0 Å². The molecule has 124 valence electrons. The van der Waals surface area contributed by atoms with E-state index < -0.39 is 0 Å². The molecule has 0 aliphatic rings. The predicted molar refractivity (Wildman–Crippen MR) is 85.0 cm³/mol. The fourth-order valence-corrected chi connectivity index (χ4v) is 1.97. The Balaban J connectivity index is 1.54. The largest absolute Gasteiger partial charge is 0.339 e. The molecule has 2 N–H and O–H groups in total. The molecule has 0 bridgehead atoms. The van der Waals surface area contributed by atoms with Gasteiger partial charge in [0.25, 0.3) is 0 Å². The molecule has 0 aromatic carbocycles. The van der Waals surface area contributed by atoms with Gasteiger partial charge in [0.15, 0.2) is 0 Å². The van der Waals surface area contributed by atoms with E-state index in [1.165, 1.54) is 0 Å². The maximum atomic E-state index is 11.9. The molecule has 3 rings (SSSR count). The highest BCUT2D eigenvalue weighted by Crippen LogP contribution is 2.15. The standard InChI is InChI=1S/C15H17N7O2/c1-9(2)13-19-15(21-20-13)17-11(23)3-4-12-18-14(22-24-12)10-5-7-16-8-6-10/h5-9H,3-4H2,1-2H3,(H2,17,19,20,21,23). The van der Waals surface area contributed by atoms with Crippen LogP contribution in [0.5, 0.6) is 0 Å². The van der Waals surface area contributed by atoms with E-state index in [1.54, 1.807) is 24.5 Å². The topological polar surface area (TPSA) is 122 Å². The van der Waals surface area contributed by atoms with Gasteiger partial charge in [-0.2, -0.15) is 9.97 Å². The van der Waals surface area contributed by atoms with E-state index >= 15 is 0 Å². The summed E-state index contributed by atoms with van der Waals surface area (Å²) in [7, 11) is 0. The number of nitrogens with one attached hydrogen (secondary N) is 2. The zero-order valence-electron chi connectivity index (χ0n) is 13.4. The highest BCUT2D eigenvalue weighted by molar-refractivity contribution is 5.88. The lowest BCUT2D eigenvalue weighted by Gasteiger charge is -1.98. The molecule has 0 fully saturated rings. The molecule has 3 aromatic rings. The monoisotopic (exact) mass is 327 g/mol. The van der Waals surface area contributed by atoms with Crippen LogP contribution in [0.2, 0.25) is 0 Å². The first kappa shape index (κ1) is 15.8. The molecule has 24 heavy (non-hydrogen) atoms. The Morgan fingerprint density at radius 3 is 2.79 bits per heavy atom. The fourth-order valence-electron chi connectivity index (χ4n) is 1.97. The predicted octanol–water partition coefficient (Wildman–Crippen LogP) is 1.94. The molecule has 0 saturated carbocycles. The van der Waals surface area contributed by atoms with Gasteiger partial charge in [0.2, 0.25) is 23.6 Å². The number of carbonyl (C=O) groups excluding carboxylic acids is 1. The number of H-pyrrole nitrogens is 1. The SMILES string of the molecule is CC(C)c1nc(NC(=O)CCc2nc(-c3ccncc3)no2)n[nH]1. The minimum Gasteiger partial charge on any atom is -0.339 e. The van der Waals surface area contributed by atoms with Crippen molar-refractivity contribution < 1.29 is 9.32 Å². The van der Waals surface area contributed by atoms with Gasteiger partial charge in [-0.15, -0.1) is 5.10 Å². The van der Waals surface area contributed by atoms with Crippen molar-refractivity contribution >= 4 is 11.9 Å². The van der Waals surface area contributed by atoms with Gasteiger partial charge in [0, 0.05) is 36.7 Å². The Labute approximate surface area is 137 Å². The number of aromatic amines is 1. The van der Waals surface area contributed by atoms with Crippen molar-refractivity contribution in [2.24, 2.45) is 0 Å². The number of hydrogen-bond acceptors (Lipinski definition) is 7. The van der Waals surface area contributed by atoms with E-state index in [1.807, 2.05) is 13.8 Å². The van der Waals surface area contributed by atoms with Crippen molar-refractivity contribution in [1.82, 2.24) is 30.3 Å². The van der Waals surface area contributed by atoms with Crippen molar-refractivity contribution in [1.29, 1.82) is 0 Å². The Morgan fingerprint density at radius 2 is 2.08 bits per heavy atom. The molecule has 0 aliphatic heterocycles. The first-order valence-electron chi connectivity index (χ1n) is 7.57. The number of aromatic nitrogens is 6. The van der Waals surface area contributed by atoms with Crippen LogP contribution in [-0.2, 0) is 11.2 Å². The Morgan fingerprint density at radius 1 is 1.29 bits per heavy atom. The van der Waals surface area contributed by atoms with Gasteiger partial charge in [-0.3, -0.25) is 20.2 Å². The smallest absolute Gasteiger partial charge is 0.248 e. The van der Waals surface area contributed by atoms with Gasteiger partial charge in [0.1, 0.15) is 5.82 Å². The van der Waals surface area contributed by atoms with Gasteiger partial charge in [-0.05, 0) is 12.1 Å². The van der Waals surface area contributed by atoms with Crippen LogP contribution in [0.4, 0.5) is 5.95 Å². The first-order chi connectivity index (χ1) is 11.6. The van der Waals surface area contributed by atoms with Crippen molar-refractivity contribution in [3.05, 3.63) is 36.2 Å². The van der Waals surface area contributed by atoms with Crippen molar-refractivity contribution in [2.45, 2.75) is 32.6 Å². The first-order valence-corrected chi connectivity index (χ1v) is 7.57. The number of hydrogen-bond donors (Lipinski definition) is 2. The second-order valence-corrected chi connectivity index (χ2v) is 5.49. The average Bonchev–Trinajstić information content (AvgIpc) is 3.23. The van der Waals surface area contributed by atoms with Crippen LogP contribution in [0.25, 0.3) is 11.4 Å². The molecule has 9 nitrogen and oxygen atoms in total. The molecular formula is C15H17N7O2. The highest BCUT2D eigenvalue weighted by atomic mass is 16.5. The van der Waals surface area contributed by atoms with E-state index in [4.69, 9.17) is 4.52 Å². The third kappa shape index (κ3) is 3.80. The van der Waals surface area contributed by atoms with E-state index in [-0.39, 0.29) is 24.2 Å². The Bertz CT molecular complexity index is 810. The third-order valence-electron chi connectivity index (χ3n) is 3.27. The Hall–Kier alpha value is -3.10. The molecule has 0 aliphatic carbocycles. The number of amides is 1. The van der Waals surface area contributed by atoms with Gasteiger partial charge >= 0.3 is 0 Å². The van der Waals surface area contributed by atoms with Crippen LogP contribution >= 0.6 is 0 Å². The minimum absolute atomic E-state index is 0.198.